The topological polar surface area (TPSA) is 6.48 Å². The van der Waals surface area contributed by atoms with Gasteiger partial charge < -0.3 is 0 Å². The Morgan fingerprint density at radius 1 is 0.750 bits per heavy atom. The summed E-state index contributed by atoms with van der Waals surface area (Å²) >= 11 is 6.39. The lowest BCUT2D eigenvalue weighted by Crippen LogP contribution is -2.52. The van der Waals surface area contributed by atoms with Crippen LogP contribution >= 0.6 is 11.6 Å². The number of piperazine rings is 1. The van der Waals surface area contributed by atoms with Crippen molar-refractivity contribution in [2.45, 2.75) is 50.7 Å². The Hall–Kier alpha value is -2.13. The normalized spacial score (nSPS) is 21.0. The molecule has 1 saturated carbocycles. The van der Waals surface area contributed by atoms with Gasteiger partial charge in [-0.1, -0.05) is 104 Å². The summed E-state index contributed by atoms with van der Waals surface area (Å²) in [6.07, 6.45) is 6.94. The van der Waals surface area contributed by atoms with Gasteiger partial charge in [-0.05, 0) is 35.6 Å². The Morgan fingerprint density at radius 3 is 2.22 bits per heavy atom. The van der Waals surface area contributed by atoms with Gasteiger partial charge in [0.2, 0.25) is 0 Å². The highest BCUT2D eigenvalue weighted by molar-refractivity contribution is 6.33. The second-order valence-corrected chi connectivity index (χ2v) is 9.78. The highest BCUT2D eigenvalue weighted by Gasteiger charge is 2.33. The highest BCUT2D eigenvalue weighted by Crippen LogP contribution is 2.34. The fourth-order valence-corrected chi connectivity index (χ4v) is 5.81. The van der Waals surface area contributed by atoms with Gasteiger partial charge >= 0.3 is 0 Å². The van der Waals surface area contributed by atoms with Gasteiger partial charge in [0.15, 0.2) is 0 Å². The van der Waals surface area contributed by atoms with Crippen molar-refractivity contribution in [2.24, 2.45) is 0 Å². The maximum atomic E-state index is 6.39. The molecule has 0 amide bonds. The fraction of sp³-hybridized carbons (Fsp3) is 0.379. The summed E-state index contributed by atoms with van der Waals surface area (Å²) in [5.74, 6) is 0. The summed E-state index contributed by atoms with van der Waals surface area (Å²) in [5.41, 5.74) is 5.13. The summed E-state index contributed by atoms with van der Waals surface area (Å²) in [6.45, 7) is 4.42. The number of halogens is 1. The molecule has 32 heavy (non-hydrogen) atoms. The molecule has 2 aliphatic rings. The van der Waals surface area contributed by atoms with Crippen LogP contribution in [-0.2, 0) is 6.54 Å². The number of hydrogen-bond donors (Lipinski definition) is 0. The second kappa shape index (κ2) is 10.2. The first-order valence-electron chi connectivity index (χ1n) is 12.1. The summed E-state index contributed by atoms with van der Waals surface area (Å²) in [4.78, 5) is 5.47. The van der Waals surface area contributed by atoms with Gasteiger partial charge in [0.1, 0.15) is 0 Å². The van der Waals surface area contributed by atoms with E-state index < -0.39 is 0 Å². The Kier molecular flexibility index (Phi) is 6.92. The van der Waals surface area contributed by atoms with Crippen molar-refractivity contribution in [3.8, 4) is 11.1 Å². The van der Waals surface area contributed by atoms with Crippen molar-refractivity contribution in [2.75, 3.05) is 19.6 Å². The van der Waals surface area contributed by atoms with Crippen LogP contribution in [0.25, 0.3) is 11.1 Å². The first kappa shape index (κ1) is 21.7. The van der Waals surface area contributed by atoms with Gasteiger partial charge in [-0.3, -0.25) is 9.80 Å². The lowest BCUT2D eigenvalue weighted by molar-refractivity contribution is 0.0231. The molecule has 2 fully saturated rings. The minimum absolute atomic E-state index is 0.496. The van der Waals surface area contributed by atoms with E-state index >= 15 is 0 Å². The van der Waals surface area contributed by atoms with E-state index in [0.717, 1.165) is 36.3 Å². The molecule has 2 nitrogen and oxygen atoms in total. The molecule has 1 aliphatic carbocycles. The van der Waals surface area contributed by atoms with E-state index in [0.29, 0.717) is 6.04 Å². The van der Waals surface area contributed by atoms with Crippen LogP contribution in [0.2, 0.25) is 5.02 Å². The van der Waals surface area contributed by atoms with Crippen molar-refractivity contribution < 1.29 is 0 Å². The Morgan fingerprint density at radius 2 is 1.47 bits per heavy atom. The predicted molar refractivity (Wildman–Crippen MR) is 135 cm³/mol. The van der Waals surface area contributed by atoms with Crippen molar-refractivity contribution in [1.29, 1.82) is 0 Å². The summed E-state index contributed by atoms with van der Waals surface area (Å²) in [6, 6.07) is 29.5. The number of rotatable bonds is 5. The fourth-order valence-electron chi connectivity index (χ4n) is 5.56. The summed E-state index contributed by atoms with van der Waals surface area (Å²) < 4.78 is 0. The SMILES string of the molecule is Clc1ccccc1-c1ccc(CN2CCN(C3CCCCC3)C(c3ccccc3)C2)cc1. The lowest BCUT2D eigenvalue weighted by atomic mass is 9.90. The molecule has 3 heteroatoms. The first-order chi connectivity index (χ1) is 15.8. The molecule has 1 atom stereocenters. The maximum Gasteiger partial charge on any atom is 0.0484 e. The third-order valence-electron chi connectivity index (χ3n) is 7.28. The van der Waals surface area contributed by atoms with Crippen LogP contribution in [0, 0.1) is 0 Å². The molecule has 1 saturated heterocycles. The molecule has 0 aromatic heterocycles. The van der Waals surface area contributed by atoms with Gasteiger partial charge in [-0.25, -0.2) is 0 Å². The maximum absolute atomic E-state index is 6.39. The number of hydrogen-bond acceptors (Lipinski definition) is 2. The van der Waals surface area contributed by atoms with Crippen LogP contribution in [0.15, 0.2) is 78.9 Å². The molecule has 3 aromatic carbocycles. The predicted octanol–water partition coefficient (Wildman–Crippen LogP) is 7.20. The molecule has 0 radical (unpaired) electrons. The minimum Gasteiger partial charge on any atom is -0.296 e. The highest BCUT2D eigenvalue weighted by atomic mass is 35.5. The van der Waals surface area contributed by atoms with Crippen molar-refractivity contribution >= 4 is 11.6 Å². The van der Waals surface area contributed by atoms with Gasteiger partial charge in [-0.15, -0.1) is 0 Å². The minimum atomic E-state index is 0.496. The van der Waals surface area contributed by atoms with Crippen molar-refractivity contribution in [1.82, 2.24) is 9.80 Å². The van der Waals surface area contributed by atoms with Crippen LogP contribution in [0.4, 0.5) is 0 Å². The molecular weight excluding hydrogens is 412 g/mol. The third kappa shape index (κ3) is 4.93. The van der Waals surface area contributed by atoms with E-state index in [1.807, 2.05) is 18.2 Å². The van der Waals surface area contributed by atoms with Crippen LogP contribution in [0.5, 0.6) is 0 Å². The molecule has 0 bridgehead atoms. The molecule has 1 aliphatic heterocycles. The van der Waals surface area contributed by atoms with Crippen molar-refractivity contribution in [3.63, 3.8) is 0 Å². The van der Waals surface area contributed by atoms with E-state index in [1.165, 1.54) is 55.3 Å². The van der Waals surface area contributed by atoms with Crippen molar-refractivity contribution in [3.05, 3.63) is 95.0 Å². The van der Waals surface area contributed by atoms with Gasteiger partial charge in [-0.2, -0.15) is 0 Å². The zero-order valence-corrected chi connectivity index (χ0v) is 19.6. The molecule has 1 heterocycles. The van der Waals surface area contributed by atoms with E-state index in [1.54, 1.807) is 0 Å². The monoisotopic (exact) mass is 444 g/mol. The standard InChI is InChI=1S/C29H33ClN2/c30-28-14-8-7-13-27(28)24-17-15-23(16-18-24)21-31-19-20-32(26-11-5-2-6-12-26)29(22-31)25-9-3-1-4-10-25/h1,3-4,7-10,13-18,26,29H,2,5-6,11-12,19-22H2. The number of nitrogens with zero attached hydrogens (tertiary/aromatic N) is 2. The van der Waals surface area contributed by atoms with E-state index in [2.05, 4.69) is 70.5 Å². The average Bonchev–Trinajstić information content (AvgIpc) is 2.86. The lowest BCUT2D eigenvalue weighted by Gasteiger charge is -2.46. The van der Waals surface area contributed by atoms with Crippen LogP contribution in [-0.4, -0.2) is 35.5 Å². The Bertz CT molecular complexity index is 995. The Labute approximate surface area is 197 Å². The first-order valence-corrected chi connectivity index (χ1v) is 12.5. The molecule has 0 N–H and O–H groups in total. The van der Waals surface area contributed by atoms with Crippen LogP contribution in [0.1, 0.15) is 49.3 Å². The molecule has 1 unspecified atom stereocenters. The molecule has 0 spiro atoms. The molecule has 3 aromatic rings. The number of benzene rings is 3. The van der Waals surface area contributed by atoms with Crippen LogP contribution < -0.4 is 0 Å². The third-order valence-corrected chi connectivity index (χ3v) is 7.61. The summed E-state index contributed by atoms with van der Waals surface area (Å²) in [5, 5.41) is 0.810. The van der Waals surface area contributed by atoms with Gasteiger partial charge in [0.05, 0.1) is 0 Å². The molecule has 5 rings (SSSR count). The average molecular weight is 445 g/mol. The summed E-state index contributed by atoms with van der Waals surface area (Å²) in [7, 11) is 0. The smallest absolute Gasteiger partial charge is 0.0484 e. The quantitative estimate of drug-likeness (QED) is 0.410. The van der Waals surface area contributed by atoms with Gasteiger partial charge in [0, 0.05) is 48.8 Å². The van der Waals surface area contributed by atoms with E-state index in [-0.39, 0.29) is 0 Å². The molecular formula is C29H33ClN2. The van der Waals surface area contributed by atoms with E-state index in [4.69, 9.17) is 11.6 Å². The second-order valence-electron chi connectivity index (χ2n) is 9.37. The zero-order chi connectivity index (χ0) is 21.8. The molecule has 166 valence electrons. The van der Waals surface area contributed by atoms with E-state index in [9.17, 15) is 0 Å². The van der Waals surface area contributed by atoms with Crippen LogP contribution in [0.3, 0.4) is 0 Å². The largest absolute Gasteiger partial charge is 0.296 e. The zero-order valence-electron chi connectivity index (χ0n) is 18.8. The Balaban J connectivity index is 1.30. The van der Waals surface area contributed by atoms with Gasteiger partial charge in [0.25, 0.3) is 0 Å².